The van der Waals surface area contributed by atoms with Gasteiger partial charge in [0.15, 0.2) is 23.0 Å². The first-order valence-corrected chi connectivity index (χ1v) is 7.11. The molecule has 3 N–H and O–H groups in total. The molecule has 7 heteroatoms. The summed E-state index contributed by atoms with van der Waals surface area (Å²) in [4.78, 5) is 12.3. The Labute approximate surface area is 136 Å². The lowest BCUT2D eigenvalue weighted by Crippen LogP contribution is -2.20. The van der Waals surface area contributed by atoms with Crippen molar-refractivity contribution in [3.8, 4) is 28.7 Å². The van der Waals surface area contributed by atoms with Crippen molar-refractivity contribution < 1.29 is 29.6 Å². The van der Waals surface area contributed by atoms with E-state index in [0.29, 0.717) is 11.3 Å². The van der Waals surface area contributed by atoms with Gasteiger partial charge in [-0.2, -0.15) is 0 Å². The topological polar surface area (TPSA) is 96.2 Å². The Balaban J connectivity index is 2.01. The Bertz CT molecular complexity index is 802. The molecular formula is C16H13ClO6. The second kappa shape index (κ2) is 5.55. The number of fused-ring (bicyclic) bond motifs is 1. The van der Waals surface area contributed by atoms with Gasteiger partial charge in [0.05, 0.1) is 13.5 Å². The number of halogens is 1. The van der Waals surface area contributed by atoms with Crippen LogP contribution in [0.4, 0.5) is 0 Å². The average molecular weight is 337 g/mol. The molecule has 0 unspecified atom stereocenters. The number of hydrogen-bond donors (Lipinski definition) is 3. The number of benzene rings is 2. The molecule has 1 aliphatic rings. The maximum Gasteiger partial charge on any atom is 0.174 e. The molecule has 0 saturated heterocycles. The van der Waals surface area contributed by atoms with Gasteiger partial charge < -0.3 is 24.8 Å². The molecule has 1 aliphatic heterocycles. The summed E-state index contributed by atoms with van der Waals surface area (Å²) in [5, 5.41) is 29.1. The SMILES string of the molecule is COc1ccc([C@@H]2CC(=O)c3c(cc(O)c(Cl)c3O)O2)cc1O. The lowest BCUT2D eigenvalue weighted by molar-refractivity contribution is 0.0844. The summed E-state index contributed by atoms with van der Waals surface area (Å²) in [6.45, 7) is 0. The number of ketones is 1. The number of phenols is 3. The molecule has 0 aromatic heterocycles. The molecule has 2 aromatic carbocycles. The molecule has 0 fully saturated rings. The minimum atomic E-state index is -0.660. The first-order valence-electron chi connectivity index (χ1n) is 6.73. The van der Waals surface area contributed by atoms with E-state index in [2.05, 4.69) is 0 Å². The summed E-state index contributed by atoms with van der Waals surface area (Å²) in [5.74, 6) is -0.976. The standard InChI is InChI=1S/C16H13ClO6/c1-22-11-3-2-7(4-8(11)18)12-5-9(19)14-13(23-12)6-10(20)15(17)16(14)21/h2-4,6,12,18,20-21H,5H2,1H3/t12-/m0/s1. The molecule has 120 valence electrons. The molecule has 3 rings (SSSR count). The fraction of sp³-hybridized carbons (Fsp3) is 0.188. The molecule has 0 amide bonds. The van der Waals surface area contributed by atoms with E-state index < -0.39 is 11.9 Å². The first kappa shape index (κ1) is 15.3. The maximum atomic E-state index is 12.3. The predicted octanol–water partition coefficient (Wildman–Crippen LogP) is 3.17. The van der Waals surface area contributed by atoms with E-state index >= 15 is 0 Å². The lowest BCUT2D eigenvalue weighted by atomic mass is 9.95. The summed E-state index contributed by atoms with van der Waals surface area (Å²) in [7, 11) is 1.43. The van der Waals surface area contributed by atoms with Crippen molar-refractivity contribution in [3.05, 3.63) is 40.4 Å². The normalized spacial score (nSPS) is 16.6. The molecule has 6 nitrogen and oxygen atoms in total. The van der Waals surface area contributed by atoms with Crippen LogP contribution in [-0.4, -0.2) is 28.2 Å². The van der Waals surface area contributed by atoms with Crippen molar-refractivity contribution in [1.29, 1.82) is 0 Å². The van der Waals surface area contributed by atoms with Crippen LogP contribution in [0, 0.1) is 0 Å². The average Bonchev–Trinajstić information content (AvgIpc) is 2.52. The number of hydrogen-bond acceptors (Lipinski definition) is 6. The van der Waals surface area contributed by atoms with Crippen LogP contribution in [-0.2, 0) is 0 Å². The Morgan fingerprint density at radius 3 is 2.61 bits per heavy atom. The highest BCUT2D eigenvalue weighted by Gasteiger charge is 2.32. The van der Waals surface area contributed by atoms with Gasteiger partial charge in [-0.15, -0.1) is 0 Å². The van der Waals surface area contributed by atoms with E-state index in [0.717, 1.165) is 0 Å². The maximum absolute atomic E-state index is 12.3. The summed E-state index contributed by atoms with van der Waals surface area (Å²) >= 11 is 5.73. The van der Waals surface area contributed by atoms with Crippen LogP contribution in [0.5, 0.6) is 28.7 Å². The third-order valence-electron chi connectivity index (χ3n) is 3.68. The van der Waals surface area contributed by atoms with Crippen LogP contribution in [0.3, 0.4) is 0 Å². The van der Waals surface area contributed by atoms with Gasteiger partial charge in [0.2, 0.25) is 0 Å². The Kier molecular flexibility index (Phi) is 3.69. The lowest BCUT2D eigenvalue weighted by Gasteiger charge is -2.26. The van der Waals surface area contributed by atoms with Gasteiger partial charge in [-0.1, -0.05) is 17.7 Å². The largest absolute Gasteiger partial charge is 0.506 e. The van der Waals surface area contributed by atoms with Gasteiger partial charge in [-0.25, -0.2) is 0 Å². The molecule has 0 radical (unpaired) electrons. The monoisotopic (exact) mass is 336 g/mol. The van der Waals surface area contributed by atoms with Crippen molar-refractivity contribution in [3.63, 3.8) is 0 Å². The summed E-state index contributed by atoms with van der Waals surface area (Å²) < 4.78 is 10.7. The fourth-order valence-corrected chi connectivity index (χ4v) is 2.68. The van der Waals surface area contributed by atoms with E-state index in [4.69, 9.17) is 21.1 Å². The third kappa shape index (κ3) is 2.51. The molecule has 0 bridgehead atoms. The second-order valence-electron chi connectivity index (χ2n) is 5.10. The van der Waals surface area contributed by atoms with Crippen molar-refractivity contribution in [2.24, 2.45) is 0 Å². The number of methoxy groups -OCH3 is 1. The van der Waals surface area contributed by atoms with Crippen LogP contribution < -0.4 is 9.47 Å². The van der Waals surface area contributed by atoms with E-state index in [1.165, 1.54) is 19.2 Å². The Hall–Kier alpha value is -2.60. The zero-order valence-electron chi connectivity index (χ0n) is 12.0. The molecule has 23 heavy (non-hydrogen) atoms. The van der Waals surface area contributed by atoms with Gasteiger partial charge in [-0.3, -0.25) is 4.79 Å². The molecule has 1 atom stereocenters. The van der Waals surface area contributed by atoms with Gasteiger partial charge >= 0.3 is 0 Å². The summed E-state index contributed by atoms with van der Waals surface area (Å²) in [5.41, 5.74) is 0.512. The van der Waals surface area contributed by atoms with Crippen LogP contribution >= 0.6 is 11.6 Å². The number of phenolic OH excluding ortho intramolecular Hbond substituents is 3. The molecule has 0 saturated carbocycles. The van der Waals surface area contributed by atoms with Crippen LogP contribution in [0.15, 0.2) is 24.3 Å². The number of carbonyl (C=O) groups is 1. The van der Waals surface area contributed by atoms with Crippen molar-refractivity contribution in [2.75, 3.05) is 7.11 Å². The van der Waals surface area contributed by atoms with Crippen LogP contribution in [0.25, 0.3) is 0 Å². The predicted molar refractivity (Wildman–Crippen MR) is 81.8 cm³/mol. The molecule has 0 aliphatic carbocycles. The molecule has 1 heterocycles. The van der Waals surface area contributed by atoms with E-state index in [1.807, 2.05) is 0 Å². The number of carbonyl (C=O) groups excluding carboxylic acids is 1. The molecule has 2 aromatic rings. The van der Waals surface area contributed by atoms with Crippen molar-refractivity contribution in [1.82, 2.24) is 0 Å². The van der Waals surface area contributed by atoms with Crippen molar-refractivity contribution >= 4 is 17.4 Å². The Morgan fingerprint density at radius 1 is 1.22 bits per heavy atom. The minimum absolute atomic E-state index is 0.0343. The van der Waals surface area contributed by atoms with Gasteiger partial charge in [0.25, 0.3) is 0 Å². The smallest absolute Gasteiger partial charge is 0.174 e. The molecule has 0 spiro atoms. The summed E-state index contributed by atoms with van der Waals surface area (Å²) in [6, 6.07) is 5.85. The number of aromatic hydroxyl groups is 3. The summed E-state index contributed by atoms with van der Waals surface area (Å²) in [6.07, 6.45) is -0.695. The Morgan fingerprint density at radius 2 is 1.96 bits per heavy atom. The van der Waals surface area contributed by atoms with Gasteiger partial charge in [-0.05, 0) is 17.7 Å². The number of rotatable bonds is 2. The van der Waals surface area contributed by atoms with Crippen LogP contribution in [0.2, 0.25) is 5.02 Å². The van der Waals surface area contributed by atoms with E-state index in [9.17, 15) is 20.1 Å². The quantitative estimate of drug-likeness (QED) is 0.779. The third-order valence-corrected chi connectivity index (χ3v) is 4.05. The zero-order chi connectivity index (χ0) is 16.7. The van der Waals surface area contributed by atoms with Crippen LogP contribution in [0.1, 0.15) is 28.4 Å². The van der Waals surface area contributed by atoms with E-state index in [1.54, 1.807) is 12.1 Å². The van der Waals surface area contributed by atoms with Crippen molar-refractivity contribution in [2.45, 2.75) is 12.5 Å². The van der Waals surface area contributed by atoms with E-state index in [-0.39, 0.29) is 40.0 Å². The highest BCUT2D eigenvalue weighted by molar-refractivity contribution is 6.34. The van der Waals surface area contributed by atoms with Gasteiger partial charge in [0.1, 0.15) is 28.2 Å². The number of Topliss-reactive ketones (excluding diaryl/α,β-unsaturated/α-hetero) is 1. The second-order valence-corrected chi connectivity index (χ2v) is 5.47. The van der Waals surface area contributed by atoms with Gasteiger partial charge in [0, 0.05) is 6.07 Å². The highest BCUT2D eigenvalue weighted by Crippen LogP contribution is 2.46. The number of ether oxygens (including phenoxy) is 2. The minimum Gasteiger partial charge on any atom is -0.506 e. The molecular weight excluding hydrogens is 324 g/mol. The zero-order valence-corrected chi connectivity index (χ0v) is 12.8. The highest BCUT2D eigenvalue weighted by atomic mass is 35.5. The first-order chi connectivity index (χ1) is 10.9. The fourth-order valence-electron chi connectivity index (χ4n) is 2.53.